The molecule has 2 aromatic rings. The fraction of sp³-hybridized carbons (Fsp3) is 0.222. The molecule has 0 unspecified atom stereocenters. The molecule has 2 heteroatoms. The van der Waals surface area contributed by atoms with Gasteiger partial charge >= 0.3 is 0 Å². The predicted molar refractivity (Wildman–Crippen MR) is 87.5 cm³/mol. The van der Waals surface area contributed by atoms with Crippen molar-refractivity contribution in [2.24, 2.45) is 0 Å². The molecule has 3 rings (SSSR count). The van der Waals surface area contributed by atoms with Crippen LogP contribution in [0.3, 0.4) is 0 Å². The molecule has 20 heavy (non-hydrogen) atoms. The third-order valence-electron chi connectivity index (χ3n) is 3.71. The minimum absolute atomic E-state index is 0.784. The van der Waals surface area contributed by atoms with Gasteiger partial charge in [-0.05, 0) is 42.2 Å². The zero-order valence-electron chi connectivity index (χ0n) is 11.4. The second-order valence-corrected chi connectivity index (χ2v) is 5.57. The van der Waals surface area contributed by atoms with E-state index in [1.807, 2.05) is 24.3 Å². The van der Waals surface area contributed by atoms with Crippen LogP contribution in [0.25, 0.3) is 6.08 Å². The highest BCUT2D eigenvalue weighted by Gasteiger charge is 2.14. The largest absolute Gasteiger partial charge is 0.368 e. The molecule has 0 radical (unpaired) electrons. The normalized spacial score (nSPS) is 14.6. The van der Waals surface area contributed by atoms with Crippen LogP contribution in [0.4, 0.5) is 5.69 Å². The number of nitrogens with zero attached hydrogens (tertiary/aromatic N) is 1. The molecule has 0 bridgehead atoms. The smallest absolute Gasteiger partial charge is 0.0406 e. The third-order valence-corrected chi connectivity index (χ3v) is 3.96. The molecule has 1 heterocycles. The Bertz CT molecular complexity index is 601. The average Bonchev–Trinajstić information content (AvgIpc) is 2.49. The highest BCUT2D eigenvalue weighted by atomic mass is 35.5. The van der Waals surface area contributed by atoms with Gasteiger partial charge in [0.1, 0.15) is 0 Å². The van der Waals surface area contributed by atoms with Crippen molar-refractivity contribution >= 4 is 23.4 Å². The average molecular weight is 284 g/mol. The predicted octanol–water partition coefficient (Wildman–Crippen LogP) is 4.81. The maximum atomic E-state index is 5.89. The van der Waals surface area contributed by atoms with Crippen LogP contribution in [-0.4, -0.2) is 13.1 Å². The second-order valence-electron chi connectivity index (χ2n) is 5.13. The molecule has 0 amide bonds. The van der Waals surface area contributed by atoms with Crippen molar-refractivity contribution in [2.45, 2.75) is 12.8 Å². The van der Waals surface area contributed by atoms with Gasteiger partial charge in [-0.2, -0.15) is 0 Å². The Kier molecular flexibility index (Phi) is 4.08. The van der Waals surface area contributed by atoms with E-state index >= 15 is 0 Å². The molecular formula is C18H18ClN. The summed E-state index contributed by atoms with van der Waals surface area (Å²) in [5.74, 6) is 0. The summed E-state index contributed by atoms with van der Waals surface area (Å²) in [5.41, 5.74) is 4.05. The van der Waals surface area contributed by atoms with E-state index < -0.39 is 0 Å². The Balaban J connectivity index is 1.69. The fourth-order valence-corrected chi connectivity index (χ4v) is 2.82. The van der Waals surface area contributed by atoms with Crippen LogP contribution < -0.4 is 4.90 Å². The summed E-state index contributed by atoms with van der Waals surface area (Å²) in [5, 5.41) is 0.784. The number of fused-ring (bicyclic) bond motifs is 1. The van der Waals surface area contributed by atoms with Crippen LogP contribution in [0.5, 0.6) is 0 Å². The monoisotopic (exact) mass is 283 g/mol. The topological polar surface area (TPSA) is 3.24 Å². The van der Waals surface area contributed by atoms with E-state index in [2.05, 4.69) is 41.3 Å². The lowest BCUT2D eigenvalue weighted by Gasteiger charge is -2.30. The van der Waals surface area contributed by atoms with Gasteiger partial charge in [0.25, 0.3) is 0 Å². The number of para-hydroxylation sites is 1. The van der Waals surface area contributed by atoms with Gasteiger partial charge in [0, 0.05) is 23.8 Å². The SMILES string of the molecule is Clc1ccc(/C=C/CN2CCCc3ccccc32)cc1. The standard InChI is InChI=1S/C18H18ClN/c19-17-11-9-15(10-12-17)5-3-13-20-14-4-7-16-6-1-2-8-18(16)20/h1-3,5-6,8-12H,4,7,13-14H2/b5-3+. The van der Waals surface area contributed by atoms with Crippen LogP contribution in [0, 0.1) is 0 Å². The first-order valence-corrected chi connectivity index (χ1v) is 7.46. The molecule has 0 atom stereocenters. The number of benzene rings is 2. The van der Waals surface area contributed by atoms with Gasteiger partial charge < -0.3 is 4.90 Å². The van der Waals surface area contributed by atoms with E-state index in [-0.39, 0.29) is 0 Å². The lowest BCUT2D eigenvalue weighted by molar-refractivity contribution is 0.723. The van der Waals surface area contributed by atoms with Crippen LogP contribution in [0.15, 0.2) is 54.6 Å². The van der Waals surface area contributed by atoms with Crippen LogP contribution in [0.2, 0.25) is 5.02 Å². The number of halogens is 1. The first kappa shape index (κ1) is 13.3. The first-order chi connectivity index (χ1) is 9.83. The molecule has 0 fully saturated rings. The van der Waals surface area contributed by atoms with E-state index in [0.29, 0.717) is 0 Å². The lowest BCUT2D eigenvalue weighted by Crippen LogP contribution is -2.29. The highest BCUT2D eigenvalue weighted by molar-refractivity contribution is 6.30. The molecule has 0 aliphatic carbocycles. The Morgan fingerprint density at radius 1 is 1.05 bits per heavy atom. The fourth-order valence-electron chi connectivity index (χ4n) is 2.69. The maximum absolute atomic E-state index is 5.89. The summed E-state index contributed by atoms with van der Waals surface area (Å²) in [4.78, 5) is 2.45. The summed E-state index contributed by atoms with van der Waals surface area (Å²) in [6.07, 6.45) is 6.83. The summed E-state index contributed by atoms with van der Waals surface area (Å²) >= 11 is 5.89. The molecule has 0 aromatic heterocycles. The molecule has 0 saturated carbocycles. The Hall–Kier alpha value is -1.73. The van der Waals surface area contributed by atoms with Gasteiger partial charge in [-0.1, -0.05) is 54.1 Å². The van der Waals surface area contributed by atoms with Crippen LogP contribution >= 0.6 is 11.6 Å². The number of rotatable bonds is 3. The van der Waals surface area contributed by atoms with Crippen molar-refractivity contribution in [1.29, 1.82) is 0 Å². The summed E-state index contributed by atoms with van der Waals surface area (Å²) in [6.45, 7) is 2.10. The highest BCUT2D eigenvalue weighted by Crippen LogP contribution is 2.26. The molecule has 1 aliphatic heterocycles. The minimum atomic E-state index is 0.784. The number of aryl methyl sites for hydroxylation is 1. The van der Waals surface area contributed by atoms with E-state index in [9.17, 15) is 0 Å². The molecule has 0 saturated heterocycles. The Morgan fingerprint density at radius 2 is 1.85 bits per heavy atom. The van der Waals surface area contributed by atoms with E-state index in [1.54, 1.807) is 0 Å². The van der Waals surface area contributed by atoms with E-state index in [0.717, 1.165) is 18.1 Å². The van der Waals surface area contributed by atoms with Gasteiger partial charge in [0.05, 0.1) is 0 Å². The van der Waals surface area contributed by atoms with Crippen LogP contribution in [-0.2, 0) is 6.42 Å². The van der Waals surface area contributed by atoms with Gasteiger partial charge in [0.15, 0.2) is 0 Å². The quantitative estimate of drug-likeness (QED) is 0.782. The molecule has 102 valence electrons. The van der Waals surface area contributed by atoms with Crippen molar-refractivity contribution in [3.05, 3.63) is 70.8 Å². The van der Waals surface area contributed by atoms with Crippen molar-refractivity contribution in [2.75, 3.05) is 18.0 Å². The second kappa shape index (κ2) is 6.15. The van der Waals surface area contributed by atoms with E-state index in [4.69, 9.17) is 11.6 Å². The van der Waals surface area contributed by atoms with Crippen LogP contribution in [0.1, 0.15) is 17.5 Å². The molecule has 0 spiro atoms. The zero-order valence-corrected chi connectivity index (χ0v) is 12.2. The number of anilines is 1. The summed E-state index contributed by atoms with van der Waals surface area (Å²) in [6, 6.07) is 16.7. The van der Waals surface area contributed by atoms with Crippen molar-refractivity contribution < 1.29 is 0 Å². The summed E-state index contributed by atoms with van der Waals surface area (Å²) < 4.78 is 0. The van der Waals surface area contributed by atoms with Gasteiger partial charge in [-0.3, -0.25) is 0 Å². The molecule has 0 N–H and O–H groups in total. The number of hydrogen-bond donors (Lipinski definition) is 0. The van der Waals surface area contributed by atoms with E-state index in [1.165, 1.54) is 29.7 Å². The Labute approximate surface area is 125 Å². The summed E-state index contributed by atoms with van der Waals surface area (Å²) in [7, 11) is 0. The maximum Gasteiger partial charge on any atom is 0.0406 e. The number of hydrogen-bond acceptors (Lipinski definition) is 1. The molecule has 1 aliphatic rings. The third kappa shape index (κ3) is 3.05. The van der Waals surface area contributed by atoms with Crippen molar-refractivity contribution in [3.8, 4) is 0 Å². The van der Waals surface area contributed by atoms with Gasteiger partial charge in [0.2, 0.25) is 0 Å². The first-order valence-electron chi connectivity index (χ1n) is 7.08. The minimum Gasteiger partial charge on any atom is -0.368 e. The zero-order chi connectivity index (χ0) is 13.8. The lowest BCUT2D eigenvalue weighted by atomic mass is 10.0. The Morgan fingerprint density at radius 3 is 2.70 bits per heavy atom. The molecule has 2 aromatic carbocycles. The molecular weight excluding hydrogens is 266 g/mol. The van der Waals surface area contributed by atoms with Gasteiger partial charge in [-0.25, -0.2) is 0 Å². The van der Waals surface area contributed by atoms with Crippen molar-refractivity contribution in [1.82, 2.24) is 0 Å². The molecule has 1 nitrogen and oxygen atoms in total. The van der Waals surface area contributed by atoms with Gasteiger partial charge in [-0.15, -0.1) is 0 Å². The van der Waals surface area contributed by atoms with Crippen molar-refractivity contribution in [3.63, 3.8) is 0 Å².